The second-order valence-corrected chi connectivity index (χ2v) is 29.5. The van der Waals surface area contributed by atoms with Crippen LogP contribution in [0.25, 0.3) is 66.1 Å². The number of rotatable bonds is 10. The molecule has 0 atom stereocenters. The number of nitrogens with zero attached hydrogens (tertiary/aromatic N) is 6. The van der Waals surface area contributed by atoms with E-state index in [9.17, 15) is 25.7 Å². The van der Waals surface area contributed by atoms with Crippen LogP contribution in [0.4, 0.5) is 17.1 Å². The minimum Gasteiger partial charge on any atom is -0.490 e. The standard InChI is InChI=1S/C79H83N9O4/c1-45-27-72-62(30-48(45)37-80)67(58-9-8-10-70-65(58)35-78(4,5)43-83-70)40-87(72)52-13-19-55(20-14-52)91-57-33-61(66-36-79(6,7)44-84-71(66)34-57)69-42-88(74-29-47(3)50(39-82)32-64(69)74)53-15-21-56(22-16-53)92-75-25-23-59(60-24-26-76(90)85-77(60)75)68-41-86(51-11-17-54(89)18-12-51)73-28-46(2)49(38-81)31-63(68)73/h8-10,23,25,27-34,40-42,51-56,83-84,89H,11-22,24,26,35-36,43-44H2,1-7H3,(H,85,90)/t51-,52-,53-,54-,55-,56+. The zero-order valence-electron chi connectivity index (χ0n) is 54.3. The molecule has 13 nitrogen and oxygen atoms in total. The predicted molar refractivity (Wildman–Crippen MR) is 367 cm³/mol. The molecule has 1 amide bonds. The number of aliphatic hydroxyl groups is 1. The molecule has 468 valence electrons. The molecule has 0 bridgehead atoms. The number of fused-ring (bicyclic) bond motifs is 6. The smallest absolute Gasteiger partial charge is 0.224 e. The average molecular weight is 1220 g/mol. The largest absolute Gasteiger partial charge is 0.490 e. The number of nitriles is 3. The molecule has 4 N–H and O–H groups in total. The van der Waals surface area contributed by atoms with Gasteiger partial charge in [0.2, 0.25) is 5.91 Å². The van der Waals surface area contributed by atoms with Crippen molar-refractivity contribution >= 4 is 55.7 Å². The first kappa shape index (κ1) is 59.4. The van der Waals surface area contributed by atoms with Gasteiger partial charge in [0.1, 0.15) is 11.5 Å². The van der Waals surface area contributed by atoms with E-state index in [1.807, 2.05) is 26.0 Å². The van der Waals surface area contributed by atoms with E-state index in [1.54, 1.807) is 0 Å². The lowest BCUT2D eigenvalue weighted by atomic mass is 9.79. The van der Waals surface area contributed by atoms with E-state index in [0.29, 0.717) is 29.7 Å². The summed E-state index contributed by atoms with van der Waals surface area (Å²) in [7, 11) is 0. The maximum Gasteiger partial charge on any atom is 0.224 e. The molecule has 0 unspecified atom stereocenters. The molecule has 6 aliphatic rings. The van der Waals surface area contributed by atoms with Crippen LogP contribution in [0.2, 0.25) is 0 Å². The van der Waals surface area contributed by atoms with E-state index in [0.717, 1.165) is 197 Å². The van der Waals surface area contributed by atoms with Gasteiger partial charge in [-0.1, -0.05) is 45.9 Å². The highest BCUT2D eigenvalue weighted by Gasteiger charge is 2.36. The zero-order chi connectivity index (χ0) is 63.5. The number of nitrogens with one attached hydrogen (secondary N) is 3. The van der Waals surface area contributed by atoms with Crippen LogP contribution in [0, 0.1) is 65.6 Å². The van der Waals surface area contributed by atoms with Crippen LogP contribution in [0.1, 0.15) is 179 Å². The van der Waals surface area contributed by atoms with Crippen molar-refractivity contribution in [3.05, 3.63) is 148 Å². The highest BCUT2D eigenvalue weighted by molar-refractivity contribution is 6.04. The first-order chi connectivity index (χ1) is 44.4. The monoisotopic (exact) mass is 1220 g/mol. The molecule has 13 heteroatoms. The third kappa shape index (κ3) is 10.6. The SMILES string of the molecule is Cc1cc2c(cc1C#N)c(-c1cccc3c1CC(C)(C)CN3)cn2[C@H]1CC[C@H](Oc2cc3c(c(-c4cn([C@H]5CC[C@@H](Oc6ccc(-c7cn([C@H]8CC[C@H](O)CC8)c8cc(C)c(C#N)cc78)c7c6NC(=O)CC7)CC5)c5cc(C)c(C#N)cc45)c2)CC(C)(C)CN3)CC1. The van der Waals surface area contributed by atoms with Gasteiger partial charge >= 0.3 is 0 Å². The third-order valence-electron chi connectivity index (χ3n) is 21.9. The van der Waals surface area contributed by atoms with Gasteiger partial charge in [-0.3, -0.25) is 4.79 Å². The summed E-state index contributed by atoms with van der Waals surface area (Å²) in [6.07, 6.45) is 20.0. The normalized spacial score (nSPS) is 22.4. The molecule has 3 saturated carbocycles. The van der Waals surface area contributed by atoms with Gasteiger partial charge < -0.3 is 44.2 Å². The summed E-state index contributed by atoms with van der Waals surface area (Å²) < 4.78 is 21.6. The van der Waals surface area contributed by atoms with Crippen molar-refractivity contribution in [1.82, 2.24) is 13.7 Å². The Balaban J connectivity index is 0.703. The van der Waals surface area contributed by atoms with Crippen molar-refractivity contribution in [1.29, 1.82) is 15.8 Å². The predicted octanol–water partition coefficient (Wildman–Crippen LogP) is 17.6. The van der Waals surface area contributed by atoms with E-state index < -0.39 is 0 Å². The minimum absolute atomic E-state index is 0.0167. The highest BCUT2D eigenvalue weighted by atomic mass is 16.5. The number of carbonyl (C=O) groups is 1. The van der Waals surface area contributed by atoms with Gasteiger partial charge in [0.25, 0.3) is 0 Å². The van der Waals surface area contributed by atoms with Gasteiger partial charge in [0, 0.05) is 123 Å². The fourth-order valence-corrected chi connectivity index (χ4v) is 16.8. The lowest BCUT2D eigenvalue weighted by Gasteiger charge is -2.35. The van der Waals surface area contributed by atoms with Crippen molar-refractivity contribution in [2.75, 3.05) is 29.0 Å². The van der Waals surface area contributed by atoms with E-state index in [-0.39, 0.29) is 53.2 Å². The topological polar surface area (TPSA) is 178 Å². The molecule has 3 fully saturated rings. The summed E-state index contributed by atoms with van der Waals surface area (Å²) in [4.78, 5) is 13.3. The number of amides is 1. The third-order valence-corrected chi connectivity index (χ3v) is 21.9. The van der Waals surface area contributed by atoms with Crippen molar-refractivity contribution in [2.45, 2.75) is 188 Å². The number of ether oxygens (including phenoxy) is 2. The summed E-state index contributed by atoms with van der Waals surface area (Å²) in [6.45, 7) is 17.2. The quantitative estimate of drug-likeness (QED) is 0.104. The molecule has 3 aliphatic carbocycles. The van der Waals surface area contributed by atoms with E-state index in [1.165, 1.54) is 33.5 Å². The number of carbonyl (C=O) groups excluding carboxylic acids is 1. The Labute approximate surface area is 539 Å². The molecule has 92 heavy (non-hydrogen) atoms. The lowest BCUT2D eigenvalue weighted by Crippen LogP contribution is -2.31. The Morgan fingerprint density at radius 3 is 1.47 bits per heavy atom. The minimum atomic E-state index is -0.267. The summed E-state index contributed by atoms with van der Waals surface area (Å²) in [5.74, 6) is 1.54. The van der Waals surface area contributed by atoms with Crippen molar-refractivity contribution in [3.8, 4) is 63.1 Å². The number of benzene rings is 6. The fraction of sp³-hybridized carbons (Fsp3) is 0.418. The van der Waals surface area contributed by atoms with Crippen LogP contribution >= 0.6 is 0 Å². The summed E-state index contributed by atoms with van der Waals surface area (Å²) in [6, 6.07) is 36.3. The van der Waals surface area contributed by atoms with E-state index in [4.69, 9.17) is 9.47 Å². The fourth-order valence-electron chi connectivity index (χ4n) is 16.8. The van der Waals surface area contributed by atoms with Gasteiger partial charge in [0.05, 0.1) is 58.9 Å². The van der Waals surface area contributed by atoms with Gasteiger partial charge in [-0.25, -0.2) is 0 Å². The molecule has 3 aromatic heterocycles. The van der Waals surface area contributed by atoms with E-state index in [2.05, 4.69) is 168 Å². The van der Waals surface area contributed by atoms with Crippen LogP contribution in [-0.4, -0.2) is 56.1 Å². The Bertz CT molecular complexity index is 4620. The van der Waals surface area contributed by atoms with Gasteiger partial charge in [0.15, 0.2) is 0 Å². The summed E-state index contributed by atoms with van der Waals surface area (Å²) in [5.41, 5.74) is 22.0. The van der Waals surface area contributed by atoms with Crippen LogP contribution in [-0.2, 0) is 24.1 Å². The molecule has 6 aromatic carbocycles. The first-order valence-electron chi connectivity index (χ1n) is 33.8. The Morgan fingerprint density at radius 2 is 0.957 bits per heavy atom. The number of hydrogen-bond donors (Lipinski definition) is 4. The van der Waals surface area contributed by atoms with Gasteiger partial charge in [-0.15, -0.1) is 0 Å². The number of aryl methyl sites for hydroxylation is 3. The number of aliphatic hydroxyl groups excluding tert-OH is 1. The number of anilines is 3. The maximum atomic E-state index is 13.3. The van der Waals surface area contributed by atoms with E-state index >= 15 is 0 Å². The van der Waals surface area contributed by atoms with Crippen LogP contribution in [0.15, 0.2) is 97.5 Å². The first-order valence-corrected chi connectivity index (χ1v) is 33.8. The maximum absolute atomic E-state index is 13.3. The molecule has 15 rings (SSSR count). The molecule has 3 aliphatic heterocycles. The lowest BCUT2D eigenvalue weighted by molar-refractivity contribution is -0.116. The molecular formula is C79H83N9O4. The van der Waals surface area contributed by atoms with Crippen molar-refractivity contribution in [3.63, 3.8) is 0 Å². The Hall–Kier alpha value is -8.96. The van der Waals surface area contributed by atoms with Crippen molar-refractivity contribution < 1.29 is 19.4 Å². The average Bonchev–Trinajstić information content (AvgIpc) is 1.66. The van der Waals surface area contributed by atoms with Crippen LogP contribution in [0.3, 0.4) is 0 Å². The zero-order valence-corrected chi connectivity index (χ0v) is 54.3. The van der Waals surface area contributed by atoms with Crippen LogP contribution in [0.5, 0.6) is 11.5 Å². The van der Waals surface area contributed by atoms with Gasteiger partial charge in [-0.2, -0.15) is 15.8 Å². The number of aromatic nitrogens is 3. The van der Waals surface area contributed by atoms with Crippen molar-refractivity contribution in [2.24, 2.45) is 10.8 Å². The second kappa shape index (κ2) is 23.0. The summed E-state index contributed by atoms with van der Waals surface area (Å²) >= 11 is 0. The molecular weight excluding hydrogens is 1140 g/mol. The summed E-state index contributed by atoms with van der Waals surface area (Å²) in [5, 5.41) is 55.5. The van der Waals surface area contributed by atoms with Crippen LogP contribution < -0.4 is 25.4 Å². The molecule has 0 radical (unpaired) electrons. The molecule has 0 saturated heterocycles. The molecule has 9 aromatic rings. The van der Waals surface area contributed by atoms with Gasteiger partial charge in [-0.05, 0) is 233 Å². The Morgan fingerprint density at radius 1 is 0.500 bits per heavy atom. The number of hydrogen-bond acceptors (Lipinski definition) is 9. The second-order valence-electron chi connectivity index (χ2n) is 29.5. The highest BCUT2D eigenvalue weighted by Crippen LogP contribution is 2.50. The Kier molecular flexibility index (Phi) is 14.8. The molecule has 6 heterocycles. The molecule has 0 spiro atoms.